The predicted molar refractivity (Wildman–Crippen MR) is 52.5 cm³/mol. The third kappa shape index (κ3) is 2.22. The summed E-state index contributed by atoms with van der Waals surface area (Å²) in [7, 11) is 0. The molecule has 1 aliphatic heterocycles. The standard InChI is InChI=1S/C10H16N2/c1-3-10(11)12-7-4-5-9(2)6-8-12/h3,5,11H,1,4,6-8H2,2H3. The van der Waals surface area contributed by atoms with Gasteiger partial charge < -0.3 is 4.90 Å². The van der Waals surface area contributed by atoms with Crippen LogP contribution in [0.2, 0.25) is 0 Å². The highest BCUT2D eigenvalue weighted by atomic mass is 15.2. The molecule has 2 nitrogen and oxygen atoms in total. The van der Waals surface area contributed by atoms with Crippen molar-refractivity contribution in [2.24, 2.45) is 0 Å². The molecule has 0 amide bonds. The van der Waals surface area contributed by atoms with E-state index >= 15 is 0 Å². The molecule has 0 unspecified atom stereocenters. The van der Waals surface area contributed by atoms with Crippen LogP contribution in [0.5, 0.6) is 0 Å². The molecular formula is C10H16N2. The summed E-state index contributed by atoms with van der Waals surface area (Å²) in [4.78, 5) is 2.07. The third-order valence-electron chi connectivity index (χ3n) is 2.20. The lowest BCUT2D eigenvalue weighted by molar-refractivity contribution is 0.439. The van der Waals surface area contributed by atoms with E-state index in [2.05, 4.69) is 24.5 Å². The highest BCUT2D eigenvalue weighted by molar-refractivity contribution is 5.89. The maximum Gasteiger partial charge on any atom is 0.120 e. The first kappa shape index (κ1) is 9.04. The Morgan fingerprint density at radius 2 is 2.42 bits per heavy atom. The largest absolute Gasteiger partial charge is 0.356 e. The summed E-state index contributed by atoms with van der Waals surface area (Å²) in [5.41, 5.74) is 1.44. The second-order valence-electron chi connectivity index (χ2n) is 3.17. The van der Waals surface area contributed by atoms with E-state index in [0.29, 0.717) is 5.84 Å². The molecule has 0 aliphatic carbocycles. The Hall–Kier alpha value is -1.05. The molecule has 1 heterocycles. The Balaban J connectivity index is 2.51. The summed E-state index contributed by atoms with van der Waals surface area (Å²) < 4.78 is 0. The zero-order valence-corrected chi connectivity index (χ0v) is 7.64. The highest BCUT2D eigenvalue weighted by Crippen LogP contribution is 2.10. The highest BCUT2D eigenvalue weighted by Gasteiger charge is 2.08. The summed E-state index contributed by atoms with van der Waals surface area (Å²) in [6, 6.07) is 0. The number of rotatable bonds is 1. The van der Waals surface area contributed by atoms with E-state index < -0.39 is 0 Å². The molecule has 1 N–H and O–H groups in total. The summed E-state index contributed by atoms with van der Waals surface area (Å²) in [6.45, 7) is 7.68. The van der Waals surface area contributed by atoms with Crippen LogP contribution in [0.3, 0.4) is 0 Å². The second kappa shape index (κ2) is 4.10. The number of nitrogens with zero attached hydrogens (tertiary/aromatic N) is 1. The smallest absolute Gasteiger partial charge is 0.120 e. The van der Waals surface area contributed by atoms with Gasteiger partial charge in [-0.25, -0.2) is 0 Å². The van der Waals surface area contributed by atoms with Crippen LogP contribution in [-0.2, 0) is 0 Å². The average Bonchev–Trinajstić information content (AvgIpc) is 2.29. The molecule has 1 aliphatic rings. The summed E-state index contributed by atoms with van der Waals surface area (Å²) in [6.07, 6.45) is 6.01. The van der Waals surface area contributed by atoms with Gasteiger partial charge in [0.1, 0.15) is 5.84 Å². The molecule has 1 rings (SSSR count). The van der Waals surface area contributed by atoms with Gasteiger partial charge in [-0.1, -0.05) is 18.2 Å². The lowest BCUT2D eigenvalue weighted by Crippen LogP contribution is -2.29. The minimum atomic E-state index is 0.554. The van der Waals surface area contributed by atoms with Crippen LogP contribution >= 0.6 is 0 Å². The fourth-order valence-electron chi connectivity index (χ4n) is 1.36. The van der Waals surface area contributed by atoms with Gasteiger partial charge in [0.05, 0.1) is 0 Å². The molecule has 0 spiro atoms. The van der Waals surface area contributed by atoms with Gasteiger partial charge in [0.25, 0.3) is 0 Å². The molecule has 66 valence electrons. The van der Waals surface area contributed by atoms with Crippen molar-refractivity contribution in [1.29, 1.82) is 5.41 Å². The molecule has 0 aromatic rings. The first-order valence-corrected chi connectivity index (χ1v) is 4.35. The molecule has 0 saturated carbocycles. The van der Waals surface area contributed by atoms with Gasteiger partial charge in [-0.15, -0.1) is 0 Å². The second-order valence-corrected chi connectivity index (χ2v) is 3.17. The lowest BCUT2D eigenvalue weighted by Gasteiger charge is -2.20. The molecule has 12 heavy (non-hydrogen) atoms. The molecule has 0 radical (unpaired) electrons. The first-order valence-electron chi connectivity index (χ1n) is 4.35. The van der Waals surface area contributed by atoms with Gasteiger partial charge >= 0.3 is 0 Å². The van der Waals surface area contributed by atoms with Crippen LogP contribution in [-0.4, -0.2) is 23.8 Å². The molecule has 2 heteroatoms. The topological polar surface area (TPSA) is 27.1 Å². The van der Waals surface area contributed by atoms with Gasteiger partial charge in [0, 0.05) is 13.1 Å². The quantitative estimate of drug-likeness (QED) is 0.359. The minimum Gasteiger partial charge on any atom is -0.356 e. The van der Waals surface area contributed by atoms with E-state index in [1.165, 1.54) is 5.57 Å². The van der Waals surface area contributed by atoms with Crippen molar-refractivity contribution in [2.75, 3.05) is 13.1 Å². The SMILES string of the molecule is C=CC(=N)N1CCC=C(C)CC1. The Kier molecular flexibility index (Phi) is 3.09. The maximum absolute atomic E-state index is 7.58. The van der Waals surface area contributed by atoms with E-state index in [4.69, 9.17) is 5.41 Å². The lowest BCUT2D eigenvalue weighted by atomic mass is 10.2. The van der Waals surface area contributed by atoms with Gasteiger partial charge in [0.15, 0.2) is 0 Å². The first-order chi connectivity index (χ1) is 5.74. The normalized spacial score (nSPS) is 18.1. The zero-order chi connectivity index (χ0) is 8.97. The van der Waals surface area contributed by atoms with E-state index in [1.807, 2.05) is 0 Å². The van der Waals surface area contributed by atoms with E-state index in [9.17, 15) is 0 Å². The molecule has 0 aromatic carbocycles. The van der Waals surface area contributed by atoms with Crippen LogP contribution in [0.15, 0.2) is 24.3 Å². The van der Waals surface area contributed by atoms with E-state index in [-0.39, 0.29) is 0 Å². The van der Waals surface area contributed by atoms with Gasteiger partial charge in [0.2, 0.25) is 0 Å². The minimum absolute atomic E-state index is 0.554. The number of hydrogen-bond acceptors (Lipinski definition) is 1. The fourth-order valence-corrected chi connectivity index (χ4v) is 1.36. The Labute approximate surface area is 74.1 Å². The fraction of sp³-hybridized carbons (Fsp3) is 0.500. The van der Waals surface area contributed by atoms with E-state index in [1.54, 1.807) is 6.08 Å². The summed E-state index contributed by atoms with van der Waals surface area (Å²) in [5.74, 6) is 0.554. The number of amidine groups is 1. The molecule has 0 bridgehead atoms. The molecular weight excluding hydrogens is 148 g/mol. The van der Waals surface area contributed by atoms with Crippen LogP contribution in [0, 0.1) is 5.41 Å². The molecule has 0 aromatic heterocycles. The Morgan fingerprint density at radius 1 is 1.67 bits per heavy atom. The molecule has 0 fully saturated rings. The summed E-state index contributed by atoms with van der Waals surface area (Å²) in [5, 5.41) is 7.58. The van der Waals surface area contributed by atoms with Crippen molar-refractivity contribution < 1.29 is 0 Å². The number of nitrogens with one attached hydrogen (secondary N) is 1. The third-order valence-corrected chi connectivity index (χ3v) is 2.20. The number of hydrogen-bond donors (Lipinski definition) is 1. The van der Waals surface area contributed by atoms with Gasteiger partial charge in [-0.05, 0) is 25.8 Å². The van der Waals surface area contributed by atoms with E-state index in [0.717, 1.165) is 25.9 Å². The van der Waals surface area contributed by atoms with Crippen molar-refractivity contribution in [1.82, 2.24) is 4.90 Å². The van der Waals surface area contributed by atoms with Crippen molar-refractivity contribution in [2.45, 2.75) is 19.8 Å². The molecule has 0 saturated heterocycles. The predicted octanol–water partition coefficient (Wildman–Crippen LogP) is 2.19. The average molecular weight is 164 g/mol. The van der Waals surface area contributed by atoms with Gasteiger partial charge in [-0.3, -0.25) is 5.41 Å². The van der Waals surface area contributed by atoms with Crippen molar-refractivity contribution in [3.63, 3.8) is 0 Å². The van der Waals surface area contributed by atoms with Crippen LogP contribution < -0.4 is 0 Å². The molecule has 0 atom stereocenters. The monoisotopic (exact) mass is 164 g/mol. The Bertz CT molecular complexity index is 216. The van der Waals surface area contributed by atoms with Gasteiger partial charge in [-0.2, -0.15) is 0 Å². The van der Waals surface area contributed by atoms with Crippen LogP contribution in [0.4, 0.5) is 0 Å². The van der Waals surface area contributed by atoms with Crippen molar-refractivity contribution in [3.05, 3.63) is 24.3 Å². The van der Waals surface area contributed by atoms with Crippen LogP contribution in [0.25, 0.3) is 0 Å². The maximum atomic E-state index is 7.58. The Morgan fingerprint density at radius 3 is 3.08 bits per heavy atom. The van der Waals surface area contributed by atoms with Crippen molar-refractivity contribution in [3.8, 4) is 0 Å². The van der Waals surface area contributed by atoms with Crippen LogP contribution in [0.1, 0.15) is 19.8 Å². The summed E-state index contributed by atoms with van der Waals surface area (Å²) >= 11 is 0. The zero-order valence-electron chi connectivity index (χ0n) is 7.64. The van der Waals surface area contributed by atoms with Crippen molar-refractivity contribution >= 4 is 5.84 Å².